The van der Waals surface area contributed by atoms with E-state index in [0.29, 0.717) is 5.69 Å². The van der Waals surface area contributed by atoms with Gasteiger partial charge in [0.25, 0.3) is 0 Å². The van der Waals surface area contributed by atoms with Gasteiger partial charge in [0, 0.05) is 5.56 Å². The predicted molar refractivity (Wildman–Crippen MR) is 52.7 cm³/mol. The van der Waals surface area contributed by atoms with Crippen LogP contribution in [-0.4, -0.2) is 16.9 Å². The molecule has 1 aromatic rings. The van der Waals surface area contributed by atoms with Gasteiger partial charge in [0.2, 0.25) is 0 Å². The van der Waals surface area contributed by atoms with Crippen molar-refractivity contribution in [1.82, 2.24) is 10.2 Å². The maximum atomic E-state index is 3.72. The largest absolute Gasteiger partial charge is 0.262 e. The van der Waals surface area contributed by atoms with Gasteiger partial charge >= 0.3 is 0 Å². The molecule has 3 heteroatoms. The predicted octanol–water partition coefficient (Wildman–Crippen LogP) is 2.48. The molecule has 0 bridgehead atoms. The lowest BCUT2D eigenvalue weighted by atomic mass is 10.3. The van der Waals surface area contributed by atoms with Gasteiger partial charge < -0.3 is 0 Å². The summed E-state index contributed by atoms with van der Waals surface area (Å²) in [5.74, 6) is 0. The Hall–Kier alpha value is -1.51. The molecule has 1 heterocycles. The van der Waals surface area contributed by atoms with Crippen molar-refractivity contribution in [2.75, 3.05) is 0 Å². The van der Waals surface area contributed by atoms with Crippen LogP contribution in [0, 0.1) is 0 Å². The van der Waals surface area contributed by atoms with Crippen molar-refractivity contribution in [2.45, 2.75) is 13.8 Å². The summed E-state index contributed by atoms with van der Waals surface area (Å²) in [6.45, 7) is 11.0. The van der Waals surface area contributed by atoms with Gasteiger partial charge in [-0.25, -0.2) is 0 Å². The Labute approximate surface area is 72.9 Å². The summed E-state index contributed by atoms with van der Waals surface area (Å²) in [5, 5.41) is 7.29. The molecule has 0 saturated heterocycles. The van der Waals surface area contributed by atoms with Gasteiger partial charge in [-0.05, 0) is 6.72 Å². The highest BCUT2D eigenvalue weighted by molar-refractivity contribution is 5.62. The van der Waals surface area contributed by atoms with Gasteiger partial charge in [-0.1, -0.05) is 26.5 Å². The summed E-state index contributed by atoms with van der Waals surface area (Å²) in [5.41, 5.74) is 1.56. The van der Waals surface area contributed by atoms with Crippen LogP contribution >= 0.6 is 0 Å². The zero-order valence-corrected chi connectivity index (χ0v) is 7.49. The van der Waals surface area contributed by atoms with E-state index in [-0.39, 0.29) is 0 Å². The molecule has 0 radical (unpaired) electrons. The molecule has 0 N–H and O–H groups in total. The van der Waals surface area contributed by atoms with E-state index in [1.54, 1.807) is 18.5 Å². The topological polar surface area (TPSA) is 38.1 Å². The lowest BCUT2D eigenvalue weighted by molar-refractivity contribution is 1.03. The molecule has 0 amide bonds. The van der Waals surface area contributed by atoms with Gasteiger partial charge in [-0.15, -0.1) is 0 Å². The molecule has 0 fully saturated rings. The quantitative estimate of drug-likeness (QED) is 0.628. The van der Waals surface area contributed by atoms with E-state index in [1.165, 1.54) is 0 Å². The molecule has 3 nitrogen and oxygen atoms in total. The zero-order chi connectivity index (χ0) is 9.40. The summed E-state index contributed by atoms with van der Waals surface area (Å²) in [6, 6.07) is 0. The van der Waals surface area contributed by atoms with E-state index < -0.39 is 0 Å². The van der Waals surface area contributed by atoms with Crippen LogP contribution < -0.4 is 0 Å². The maximum Gasteiger partial charge on any atom is 0.0912 e. The van der Waals surface area contributed by atoms with Crippen molar-refractivity contribution >= 4 is 18.5 Å². The molecule has 1 rings (SSSR count). The van der Waals surface area contributed by atoms with E-state index in [1.807, 2.05) is 13.8 Å². The molecule has 0 atom stereocenters. The number of hydrogen-bond acceptors (Lipinski definition) is 3. The second-order valence-electron chi connectivity index (χ2n) is 1.69. The van der Waals surface area contributed by atoms with Crippen molar-refractivity contribution in [3.63, 3.8) is 0 Å². The van der Waals surface area contributed by atoms with E-state index in [2.05, 4.69) is 28.5 Å². The number of nitrogens with zero attached hydrogens (tertiary/aromatic N) is 3. The molecular weight excluding hydrogens is 150 g/mol. The lowest BCUT2D eigenvalue weighted by Gasteiger charge is -1.93. The van der Waals surface area contributed by atoms with E-state index >= 15 is 0 Å². The fourth-order valence-corrected chi connectivity index (χ4v) is 0.614. The third-order valence-electron chi connectivity index (χ3n) is 1.13. The number of hydrogen-bond donors (Lipinski definition) is 0. The minimum absolute atomic E-state index is 0.713. The van der Waals surface area contributed by atoms with Crippen molar-refractivity contribution in [3.8, 4) is 0 Å². The molecule has 0 aliphatic rings. The van der Waals surface area contributed by atoms with Crippen LogP contribution in [0.2, 0.25) is 0 Å². The zero-order valence-electron chi connectivity index (χ0n) is 7.49. The average Bonchev–Trinajstić information content (AvgIpc) is 2.20. The van der Waals surface area contributed by atoms with Gasteiger partial charge in [-0.3, -0.25) is 4.99 Å². The Morgan fingerprint density at radius 3 is 2.33 bits per heavy atom. The summed E-state index contributed by atoms with van der Waals surface area (Å²) >= 11 is 0. The molecule has 0 aliphatic heterocycles. The lowest BCUT2D eigenvalue weighted by Crippen LogP contribution is -1.80. The SMILES string of the molecule is C=Cc1cnncc1N=C.CC. The van der Waals surface area contributed by atoms with Crippen LogP contribution in [0.15, 0.2) is 24.0 Å². The van der Waals surface area contributed by atoms with E-state index in [0.717, 1.165) is 5.56 Å². The normalized spacial score (nSPS) is 7.83. The molecule has 1 aromatic heterocycles. The van der Waals surface area contributed by atoms with Crippen molar-refractivity contribution in [3.05, 3.63) is 24.5 Å². The van der Waals surface area contributed by atoms with Crippen LogP contribution in [0.5, 0.6) is 0 Å². The second kappa shape index (κ2) is 6.22. The maximum absolute atomic E-state index is 3.72. The third-order valence-corrected chi connectivity index (χ3v) is 1.13. The van der Waals surface area contributed by atoms with Gasteiger partial charge in [-0.2, -0.15) is 10.2 Å². The third kappa shape index (κ3) is 2.62. The minimum Gasteiger partial charge on any atom is -0.262 e. The fourth-order valence-electron chi connectivity index (χ4n) is 0.614. The van der Waals surface area contributed by atoms with Crippen molar-refractivity contribution in [1.29, 1.82) is 0 Å². The van der Waals surface area contributed by atoms with E-state index in [9.17, 15) is 0 Å². The number of aliphatic imine (C=N–C) groups is 1. The summed E-state index contributed by atoms with van der Waals surface area (Å²) in [7, 11) is 0. The summed E-state index contributed by atoms with van der Waals surface area (Å²) < 4.78 is 0. The second-order valence-corrected chi connectivity index (χ2v) is 1.69. The molecule has 0 spiro atoms. The Morgan fingerprint density at radius 1 is 1.33 bits per heavy atom. The molecule has 64 valence electrons. The number of rotatable bonds is 2. The van der Waals surface area contributed by atoms with Gasteiger partial charge in [0.1, 0.15) is 0 Å². The molecule has 12 heavy (non-hydrogen) atoms. The fraction of sp³-hybridized carbons (Fsp3) is 0.222. The van der Waals surface area contributed by atoms with Crippen molar-refractivity contribution in [2.24, 2.45) is 4.99 Å². The van der Waals surface area contributed by atoms with Crippen LogP contribution in [0.4, 0.5) is 5.69 Å². The Balaban J connectivity index is 0.000000561. The molecule has 0 aromatic carbocycles. The monoisotopic (exact) mass is 163 g/mol. The minimum atomic E-state index is 0.713. The molecular formula is C9H13N3. The standard InChI is InChI=1S/C7H7N3.C2H6/c1-3-6-4-9-10-5-7(6)8-2;1-2/h3-5H,1-2H2;1-2H3. The highest BCUT2D eigenvalue weighted by atomic mass is 15.1. The Kier molecular flexibility index (Phi) is 5.43. The first kappa shape index (κ1) is 10.5. The van der Waals surface area contributed by atoms with Gasteiger partial charge in [0.15, 0.2) is 0 Å². The average molecular weight is 163 g/mol. The highest BCUT2D eigenvalue weighted by Crippen LogP contribution is 2.15. The van der Waals surface area contributed by atoms with E-state index in [4.69, 9.17) is 0 Å². The van der Waals surface area contributed by atoms with Crippen LogP contribution in [0.3, 0.4) is 0 Å². The summed E-state index contributed by atoms with van der Waals surface area (Å²) in [6.07, 6.45) is 4.81. The Morgan fingerprint density at radius 2 is 1.92 bits per heavy atom. The molecule has 0 aliphatic carbocycles. The first-order valence-corrected chi connectivity index (χ1v) is 3.78. The molecule has 0 unspecified atom stereocenters. The smallest absolute Gasteiger partial charge is 0.0912 e. The number of aromatic nitrogens is 2. The van der Waals surface area contributed by atoms with Crippen LogP contribution in [0.1, 0.15) is 19.4 Å². The first-order valence-electron chi connectivity index (χ1n) is 3.78. The summed E-state index contributed by atoms with van der Waals surface area (Å²) in [4.78, 5) is 3.72. The van der Waals surface area contributed by atoms with Crippen molar-refractivity contribution < 1.29 is 0 Å². The Bertz CT molecular complexity index is 229. The van der Waals surface area contributed by atoms with Gasteiger partial charge in [0.05, 0.1) is 18.1 Å². The molecule has 0 saturated carbocycles. The van der Waals surface area contributed by atoms with Crippen LogP contribution in [-0.2, 0) is 0 Å². The first-order chi connectivity index (χ1) is 5.88. The highest BCUT2D eigenvalue weighted by Gasteiger charge is 1.93. The van der Waals surface area contributed by atoms with Crippen LogP contribution in [0.25, 0.3) is 6.08 Å².